The van der Waals surface area contributed by atoms with E-state index in [2.05, 4.69) is 55.3 Å². The molecule has 0 aliphatic heterocycles. The number of rotatable bonds is 2. The fraction of sp³-hybridized carbons (Fsp3) is 0.462. The summed E-state index contributed by atoms with van der Waals surface area (Å²) < 4.78 is 2.29. The molecule has 0 fully saturated rings. The largest absolute Gasteiger partial charge is 0.302 e. The van der Waals surface area contributed by atoms with Crippen LogP contribution in [0.2, 0.25) is 0 Å². The Labute approximate surface area is 91.0 Å². The predicted molar refractivity (Wildman–Crippen MR) is 63.4 cm³/mol. The lowest BCUT2D eigenvalue weighted by molar-refractivity contribution is 0.739. The molecule has 0 aromatic carbocycles. The third kappa shape index (κ3) is 1.65. The zero-order valence-electron chi connectivity index (χ0n) is 9.86. The molecule has 0 saturated heterocycles. The first kappa shape index (κ1) is 10.2. The minimum atomic E-state index is 0.528. The van der Waals surface area contributed by atoms with Crippen LogP contribution in [0.3, 0.4) is 0 Å². The van der Waals surface area contributed by atoms with Crippen LogP contribution in [0.15, 0.2) is 24.4 Å². The fourth-order valence-electron chi connectivity index (χ4n) is 1.99. The summed E-state index contributed by atoms with van der Waals surface area (Å²) >= 11 is 0. The number of hydrogen-bond acceptors (Lipinski definition) is 1. The van der Waals surface area contributed by atoms with Gasteiger partial charge in [-0.2, -0.15) is 0 Å². The molecule has 0 N–H and O–H groups in total. The van der Waals surface area contributed by atoms with Gasteiger partial charge in [-0.15, -0.1) is 0 Å². The summed E-state index contributed by atoms with van der Waals surface area (Å²) in [5, 5.41) is 0. The lowest BCUT2D eigenvalue weighted by Crippen LogP contribution is -2.04. The summed E-state index contributed by atoms with van der Waals surface area (Å²) in [6.45, 7) is 8.88. The topological polar surface area (TPSA) is 17.3 Å². The zero-order valence-corrected chi connectivity index (χ0v) is 9.86. The van der Waals surface area contributed by atoms with E-state index in [-0.39, 0.29) is 0 Å². The van der Waals surface area contributed by atoms with Gasteiger partial charge in [0.05, 0.1) is 0 Å². The third-order valence-electron chi connectivity index (χ3n) is 2.78. The fourth-order valence-corrected chi connectivity index (χ4v) is 1.99. The molecular formula is C13H18N2. The highest BCUT2D eigenvalue weighted by Crippen LogP contribution is 2.23. The van der Waals surface area contributed by atoms with Crippen LogP contribution in [0.25, 0.3) is 5.65 Å². The van der Waals surface area contributed by atoms with Gasteiger partial charge in [0.1, 0.15) is 5.65 Å². The number of aromatic nitrogens is 2. The second-order valence-electron chi connectivity index (χ2n) is 4.63. The Hall–Kier alpha value is -1.31. The van der Waals surface area contributed by atoms with Gasteiger partial charge in [0.15, 0.2) is 0 Å². The lowest BCUT2D eigenvalue weighted by atomic mass is 10.1. The van der Waals surface area contributed by atoms with Crippen molar-refractivity contribution in [3.63, 3.8) is 0 Å². The molecule has 80 valence electrons. The first-order valence-electron chi connectivity index (χ1n) is 5.57. The van der Waals surface area contributed by atoms with E-state index in [0.29, 0.717) is 11.8 Å². The van der Waals surface area contributed by atoms with Crippen molar-refractivity contribution in [2.24, 2.45) is 0 Å². The average Bonchev–Trinajstić information content (AvgIpc) is 2.60. The summed E-state index contributed by atoms with van der Waals surface area (Å²) in [5.74, 6) is 1.06. The second kappa shape index (κ2) is 3.69. The quantitative estimate of drug-likeness (QED) is 0.727. The van der Waals surface area contributed by atoms with Gasteiger partial charge in [-0.05, 0) is 30.0 Å². The summed E-state index contributed by atoms with van der Waals surface area (Å²) in [7, 11) is 0. The zero-order chi connectivity index (χ0) is 11.0. The molecule has 0 aliphatic rings. The molecular weight excluding hydrogens is 184 g/mol. The molecule has 0 unspecified atom stereocenters. The molecule has 0 saturated carbocycles. The first-order chi connectivity index (χ1) is 7.11. The summed E-state index contributed by atoms with van der Waals surface area (Å²) in [4.78, 5) is 4.39. The maximum atomic E-state index is 4.39. The standard InChI is InChI=1S/C13H18N2/c1-9(2)11-5-6-13-14-8-7-12(10(3)4)15(11)13/h5-10H,1-4H3. The SMILES string of the molecule is CC(C)c1ccnc2ccc(C(C)C)n12. The smallest absolute Gasteiger partial charge is 0.137 e. The second-order valence-corrected chi connectivity index (χ2v) is 4.63. The maximum absolute atomic E-state index is 4.39. The lowest BCUT2D eigenvalue weighted by Gasteiger charge is -2.13. The highest BCUT2D eigenvalue weighted by Gasteiger charge is 2.11. The van der Waals surface area contributed by atoms with Crippen molar-refractivity contribution in [3.05, 3.63) is 35.8 Å². The Morgan fingerprint density at radius 1 is 0.933 bits per heavy atom. The van der Waals surface area contributed by atoms with Crippen molar-refractivity contribution in [1.29, 1.82) is 0 Å². The number of fused-ring (bicyclic) bond motifs is 1. The van der Waals surface area contributed by atoms with Gasteiger partial charge in [-0.3, -0.25) is 0 Å². The van der Waals surface area contributed by atoms with Gasteiger partial charge in [-0.1, -0.05) is 27.7 Å². The van der Waals surface area contributed by atoms with Crippen molar-refractivity contribution >= 4 is 5.65 Å². The van der Waals surface area contributed by atoms with Crippen molar-refractivity contribution < 1.29 is 0 Å². The van der Waals surface area contributed by atoms with Crippen LogP contribution in [-0.4, -0.2) is 9.38 Å². The van der Waals surface area contributed by atoms with Gasteiger partial charge < -0.3 is 4.40 Å². The van der Waals surface area contributed by atoms with Gasteiger partial charge in [0, 0.05) is 17.6 Å². The van der Waals surface area contributed by atoms with E-state index in [0.717, 1.165) is 5.65 Å². The Balaban J connectivity index is 2.75. The summed E-state index contributed by atoms with van der Waals surface area (Å²) in [6.07, 6.45) is 1.90. The first-order valence-corrected chi connectivity index (χ1v) is 5.57. The minimum absolute atomic E-state index is 0.528. The van der Waals surface area contributed by atoms with Crippen molar-refractivity contribution in [2.45, 2.75) is 39.5 Å². The van der Waals surface area contributed by atoms with Crippen molar-refractivity contribution in [1.82, 2.24) is 9.38 Å². The van der Waals surface area contributed by atoms with Gasteiger partial charge in [0.25, 0.3) is 0 Å². The molecule has 0 radical (unpaired) electrons. The molecule has 0 atom stereocenters. The van der Waals surface area contributed by atoms with Crippen LogP contribution < -0.4 is 0 Å². The molecule has 0 spiro atoms. The van der Waals surface area contributed by atoms with Gasteiger partial charge >= 0.3 is 0 Å². The molecule has 0 aliphatic carbocycles. The van der Waals surface area contributed by atoms with E-state index in [4.69, 9.17) is 0 Å². The van der Waals surface area contributed by atoms with E-state index >= 15 is 0 Å². The summed E-state index contributed by atoms with van der Waals surface area (Å²) in [6, 6.07) is 6.39. The average molecular weight is 202 g/mol. The Kier molecular flexibility index (Phi) is 2.51. The van der Waals surface area contributed by atoms with Crippen LogP contribution in [0.4, 0.5) is 0 Å². The number of nitrogens with zero attached hydrogens (tertiary/aromatic N) is 2. The van der Waals surface area contributed by atoms with Crippen molar-refractivity contribution in [2.75, 3.05) is 0 Å². The van der Waals surface area contributed by atoms with E-state index in [1.807, 2.05) is 6.20 Å². The van der Waals surface area contributed by atoms with Crippen LogP contribution in [0, 0.1) is 0 Å². The highest BCUT2D eigenvalue weighted by atomic mass is 15.0. The van der Waals surface area contributed by atoms with E-state index in [9.17, 15) is 0 Å². The Morgan fingerprint density at radius 2 is 1.53 bits per heavy atom. The Morgan fingerprint density at radius 3 is 2.13 bits per heavy atom. The molecule has 0 bridgehead atoms. The van der Waals surface area contributed by atoms with Crippen LogP contribution >= 0.6 is 0 Å². The summed E-state index contributed by atoms with van der Waals surface area (Å²) in [5.41, 5.74) is 3.75. The van der Waals surface area contributed by atoms with Gasteiger partial charge in [0.2, 0.25) is 0 Å². The molecule has 2 rings (SSSR count). The maximum Gasteiger partial charge on any atom is 0.137 e. The Bertz CT molecular complexity index is 466. The molecule has 2 nitrogen and oxygen atoms in total. The van der Waals surface area contributed by atoms with Crippen molar-refractivity contribution in [3.8, 4) is 0 Å². The van der Waals surface area contributed by atoms with E-state index < -0.39 is 0 Å². The number of hydrogen-bond donors (Lipinski definition) is 0. The molecule has 15 heavy (non-hydrogen) atoms. The third-order valence-corrected chi connectivity index (χ3v) is 2.78. The minimum Gasteiger partial charge on any atom is -0.302 e. The normalized spacial score (nSPS) is 11.9. The molecule has 2 aromatic heterocycles. The molecule has 2 heterocycles. The van der Waals surface area contributed by atoms with Crippen LogP contribution in [0.5, 0.6) is 0 Å². The van der Waals surface area contributed by atoms with Gasteiger partial charge in [-0.25, -0.2) is 4.98 Å². The molecule has 0 amide bonds. The van der Waals surface area contributed by atoms with E-state index in [1.54, 1.807) is 0 Å². The molecule has 2 heteroatoms. The van der Waals surface area contributed by atoms with Crippen LogP contribution in [0.1, 0.15) is 50.9 Å². The highest BCUT2D eigenvalue weighted by molar-refractivity contribution is 5.44. The predicted octanol–water partition coefficient (Wildman–Crippen LogP) is 3.58. The molecule has 2 aromatic rings. The van der Waals surface area contributed by atoms with E-state index in [1.165, 1.54) is 11.4 Å². The van der Waals surface area contributed by atoms with Crippen LogP contribution in [-0.2, 0) is 0 Å². The monoisotopic (exact) mass is 202 g/mol.